The Morgan fingerprint density at radius 1 is 1.08 bits per heavy atom. The number of nitrogens with zero attached hydrogens (tertiary/aromatic N) is 2. The normalized spacial score (nSPS) is 14.2. The number of hydrogen-bond acceptors (Lipinski definition) is 4. The van der Waals surface area contributed by atoms with Crippen LogP contribution in [-0.4, -0.2) is 30.2 Å². The molecule has 0 radical (unpaired) electrons. The summed E-state index contributed by atoms with van der Waals surface area (Å²) in [6.07, 6.45) is 9.66. The number of halogens is 2. The zero-order valence-electron chi connectivity index (χ0n) is 14.8. The van der Waals surface area contributed by atoms with Crippen molar-refractivity contribution in [2.75, 3.05) is 20.2 Å². The van der Waals surface area contributed by atoms with E-state index in [1.807, 2.05) is 36.4 Å². The Morgan fingerprint density at radius 2 is 1.81 bits per heavy atom. The fraction of sp³-hybridized carbons (Fsp3) is 0.350. The lowest BCUT2D eigenvalue weighted by molar-refractivity contribution is -0.0699. The molecule has 2 heterocycles. The topological polar surface area (TPSA) is 34.6 Å². The van der Waals surface area contributed by atoms with Crippen molar-refractivity contribution in [3.63, 3.8) is 0 Å². The van der Waals surface area contributed by atoms with Crippen molar-refractivity contribution in [2.24, 2.45) is 0 Å². The van der Waals surface area contributed by atoms with Gasteiger partial charge < -0.3 is 9.57 Å². The van der Waals surface area contributed by atoms with Gasteiger partial charge in [-0.05, 0) is 60.7 Å². The van der Waals surface area contributed by atoms with Crippen LogP contribution >= 0.6 is 23.2 Å². The number of ether oxygens (including phenoxy) is 1. The standard InChI is InChI=1S/C20H22Cl2N2O2/c1-24-11-8-17(26-24)5-3-2-4-12-25-20-18(21)13-16(14-19(20)22)15-6-9-23-10-7-15/h6-10,13-14H,2-5,11-12H2,1H3. The average Bonchev–Trinajstić information content (AvgIpc) is 3.05. The summed E-state index contributed by atoms with van der Waals surface area (Å²) in [5, 5.41) is 2.88. The second-order valence-corrected chi connectivity index (χ2v) is 7.05. The number of pyridine rings is 1. The number of aromatic nitrogens is 1. The number of likely N-dealkylation sites (N-methyl/N-ethyl adjacent to an activating group) is 1. The van der Waals surface area contributed by atoms with Gasteiger partial charge in [-0.3, -0.25) is 4.98 Å². The van der Waals surface area contributed by atoms with Crippen LogP contribution in [0.2, 0.25) is 10.0 Å². The Labute approximate surface area is 164 Å². The van der Waals surface area contributed by atoms with Crippen LogP contribution in [0.15, 0.2) is 48.5 Å². The third kappa shape index (κ3) is 5.13. The number of benzene rings is 1. The van der Waals surface area contributed by atoms with Gasteiger partial charge in [0.25, 0.3) is 0 Å². The highest BCUT2D eigenvalue weighted by Gasteiger charge is 2.12. The third-order valence-electron chi connectivity index (χ3n) is 4.18. The van der Waals surface area contributed by atoms with Gasteiger partial charge in [0.15, 0.2) is 5.75 Å². The summed E-state index contributed by atoms with van der Waals surface area (Å²) < 4.78 is 5.82. The molecule has 0 amide bonds. The first-order valence-electron chi connectivity index (χ1n) is 8.74. The molecular formula is C20H22Cl2N2O2. The van der Waals surface area contributed by atoms with Crippen molar-refractivity contribution < 1.29 is 9.57 Å². The Morgan fingerprint density at radius 3 is 2.46 bits per heavy atom. The van der Waals surface area contributed by atoms with E-state index in [1.165, 1.54) is 0 Å². The minimum absolute atomic E-state index is 0.525. The number of hydroxylamine groups is 2. The molecule has 0 spiro atoms. The maximum atomic E-state index is 6.37. The second kappa shape index (κ2) is 9.26. The highest BCUT2D eigenvalue weighted by molar-refractivity contribution is 6.37. The molecule has 0 saturated carbocycles. The number of rotatable bonds is 8. The maximum absolute atomic E-state index is 6.37. The van der Waals surface area contributed by atoms with E-state index in [9.17, 15) is 0 Å². The summed E-state index contributed by atoms with van der Waals surface area (Å²) in [6.45, 7) is 1.46. The summed E-state index contributed by atoms with van der Waals surface area (Å²) in [5.74, 6) is 1.61. The van der Waals surface area contributed by atoms with Crippen molar-refractivity contribution in [3.05, 3.63) is 58.5 Å². The van der Waals surface area contributed by atoms with Crippen molar-refractivity contribution in [2.45, 2.75) is 25.7 Å². The molecule has 138 valence electrons. The highest BCUT2D eigenvalue weighted by Crippen LogP contribution is 2.37. The molecule has 26 heavy (non-hydrogen) atoms. The number of unbranched alkanes of at least 4 members (excludes halogenated alkanes) is 2. The molecule has 3 rings (SSSR count). The van der Waals surface area contributed by atoms with E-state index in [4.69, 9.17) is 32.8 Å². The van der Waals surface area contributed by atoms with Crippen molar-refractivity contribution in [3.8, 4) is 16.9 Å². The predicted octanol–water partition coefficient (Wildman–Crippen LogP) is 5.76. The summed E-state index contributed by atoms with van der Waals surface area (Å²) in [4.78, 5) is 9.56. The van der Waals surface area contributed by atoms with E-state index in [1.54, 1.807) is 12.4 Å². The highest BCUT2D eigenvalue weighted by atomic mass is 35.5. The van der Waals surface area contributed by atoms with Crippen LogP contribution in [0.4, 0.5) is 0 Å². The smallest absolute Gasteiger partial charge is 0.156 e. The lowest BCUT2D eigenvalue weighted by Gasteiger charge is -2.12. The van der Waals surface area contributed by atoms with Crippen LogP contribution in [0.5, 0.6) is 5.75 Å². The van der Waals surface area contributed by atoms with Gasteiger partial charge in [-0.1, -0.05) is 23.2 Å². The molecule has 4 nitrogen and oxygen atoms in total. The quantitative estimate of drug-likeness (QED) is 0.535. The molecule has 0 aliphatic carbocycles. The van der Waals surface area contributed by atoms with Crippen molar-refractivity contribution >= 4 is 23.2 Å². The largest absolute Gasteiger partial charge is 0.490 e. The molecular weight excluding hydrogens is 371 g/mol. The van der Waals surface area contributed by atoms with Crippen LogP contribution in [0.1, 0.15) is 25.7 Å². The van der Waals surface area contributed by atoms with E-state index in [0.717, 1.165) is 49.1 Å². The van der Waals surface area contributed by atoms with E-state index < -0.39 is 0 Å². The molecule has 1 aromatic heterocycles. The number of allylic oxidation sites excluding steroid dienone is 1. The fourth-order valence-electron chi connectivity index (χ4n) is 2.81. The molecule has 0 atom stereocenters. The third-order valence-corrected chi connectivity index (χ3v) is 4.74. The van der Waals surface area contributed by atoms with Crippen molar-refractivity contribution in [1.82, 2.24) is 10.0 Å². The minimum Gasteiger partial charge on any atom is -0.490 e. The van der Waals surface area contributed by atoms with Gasteiger partial charge in [0.05, 0.1) is 23.2 Å². The second-order valence-electron chi connectivity index (χ2n) is 6.24. The number of hydrogen-bond donors (Lipinski definition) is 0. The van der Waals surface area contributed by atoms with E-state index in [2.05, 4.69) is 11.1 Å². The Kier molecular flexibility index (Phi) is 6.78. The Bertz CT molecular complexity index is 743. The molecule has 6 heteroatoms. The molecule has 2 aromatic rings. The van der Waals surface area contributed by atoms with Crippen molar-refractivity contribution in [1.29, 1.82) is 0 Å². The first kappa shape index (κ1) is 19.0. The van der Waals surface area contributed by atoms with Crippen LogP contribution < -0.4 is 4.74 Å². The van der Waals surface area contributed by atoms with Crippen LogP contribution in [-0.2, 0) is 4.84 Å². The van der Waals surface area contributed by atoms with Gasteiger partial charge in [0.1, 0.15) is 5.76 Å². The molecule has 0 bridgehead atoms. The summed E-state index contributed by atoms with van der Waals surface area (Å²) >= 11 is 12.7. The van der Waals surface area contributed by atoms with Gasteiger partial charge in [-0.15, -0.1) is 5.06 Å². The van der Waals surface area contributed by atoms with E-state index >= 15 is 0 Å². The summed E-state index contributed by atoms with van der Waals surface area (Å²) in [6, 6.07) is 7.59. The molecule has 1 aromatic carbocycles. The maximum Gasteiger partial charge on any atom is 0.156 e. The van der Waals surface area contributed by atoms with Crippen LogP contribution in [0.3, 0.4) is 0 Å². The predicted molar refractivity (Wildman–Crippen MR) is 105 cm³/mol. The zero-order chi connectivity index (χ0) is 18.4. The molecule has 0 saturated heterocycles. The first-order chi connectivity index (χ1) is 12.6. The van der Waals surface area contributed by atoms with Gasteiger partial charge in [-0.25, -0.2) is 0 Å². The lowest BCUT2D eigenvalue weighted by atomic mass is 10.1. The monoisotopic (exact) mass is 392 g/mol. The first-order valence-corrected chi connectivity index (χ1v) is 9.49. The zero-order valence-corrected chi connectivity index (χ0v) is 16.3. The van der Waals surface area contributed by atoms with Gasteiger partial charge >= 0.3 is 0 Å². The summed E-state index contributed by atoms with van der Waals surface area (Å²) in [5.41, 5.74) is 1.97. The van der Waals surface area contributed by atoms with Gasteiger partial charge in [-0.2, -0.15) is 0 Å². The lowest BCUT2D eigenvalue weighted by Crippen LogP contribution is -2.11. The minimum atomic E-state index is 0.525. The Hall–Kier alpha value is -1.75. The van der Waals surface area contributed by atoms with E-state index in [0.29, 0.717) is 22.4 Å². The molecule has 0 unspecified atom stereocenters. The van der Waals surface area contributed by atoms with Crippen LogP contribution in [0, 0.1) is 0 Å². The molecule has 1 aliphatic heterocycles. The molecule has 0 N–H and O–H groups in total. The average molecular weight is 393 g/mol. The summed E-state index contributed by atoms with van der Waals surface area (Å²) in [7, 11) is 1.94. The Balaban J connectivity index is 1.46. The van der Waals surface area contributed by atoms with Gasteiger partial charge in [0.2, 0.25) is 0 Å². The molecule has 0 fully saturated rings. The van der Waals surface area contributed by atoms with E-state index in [-0.39, 0.29) is 0 Å². The van der Waals surface area contributed by atoms with Gasteiger partial charge in [0, 0.05) is 25.9 Å². The van der Waals surface area contributed by atoms with Crippen LogP contribution in [0.25, 0.3) is 11.1 Å². The molecule has 1 aliphatic rings. The SMILES string of the molecule is CN1CC=C(CCCCCOc2c(Cl)cc(-c3ccncc3)cc2Cl)O1. The fourth-order valence-corrected chi connectivity index (χ4v) is 3.41.